The molecule has 1 aliphatic heterocycles. The number of terminal acetylenes is 1. The summed E-state index contributed by atoms with van der Waals surface area (Å²) < 4.78 is 0. The molecule has 0 unspecified atom stereocenters. The number of fused-ring (bicyclic) bond motifs is 1. The van der Waals surface area contributed by atoms with Crippen molar-refractivity contribution >= 4 is 29.1 Å². The molecule has 3 rings (SSSR count). The van der Waals surface area contributed by atoms with E-state index in [1.807, 2.05) is 30.3 Å². The van der Waals surface area contributed by atoms with Gasteiger partial charge in [-0.25, -0.2) is 0 Å². The van der Waals surface area contributed by atoms with Gasteiger partial charge in [0, 0.05) is 23.7 Å². The highest BCUT2D eigenvalue weighted by molar-refractivity contribution is 6.34. The summed E-state index contributed by atoms with van der Waals surface area (Å²) in [5.41, 5.74) is 3.16. The van der Waals surface area contributed by atoms with Crippen molar-refractivity contribution in [2.45, 2.75) is 13.1 Å². The minimum atomic E-state index is -0.0616. The monoisotopic (exact) mass is 315 g/mol. The number of rotatable bonds is 2. The molecule has 1 amide bonds. The average molecular weight is 316 g/mol. The van der Waals surface area contributed by atoms with Gasteiger partial charge in [-0.15, -0.1) is 6.42 Å². The topological polar surface area (TPSA) is 20.3 Å². The van der Waals surface area contributed by atoms with Crippen molar-refractivity contribution in [3.8, 4) is 12.3 Å². The molecule has 0 saturated carbocycles. The second kappa shape index (κ2) is 5.44. The summed E-state index contributed by atoms with van der Waals surface area (Å²) in [4.78, 5) is 14.2. The Bertz CT molecular complexity index is 760. The van der Waals surface area contributed by atoms with E-state index in [4.69, 9.17) is 29.6 Å². The third kappa shape index (κ3) is 2.63. The molecule has 0 spiro atoms. The van der Waals surface area contributed by atoms with Crippen LogP contribution in [0.2, 0.25) is 10.0 Å². The van der Waals surface area contributed by atoms with E-state index < -0.39 is 0 Å². The molecule has 1 aliphatic rings. The van der Waals surface area contributed by atoms with E-state index >= 15 is 0 Å². The number of benzene rings is 2. The number of halogens is 2. The van der Waals surface area contributed by atoms with Gasteiger partial charge in [0.15, 0.2) is 0 Å². The lowest BCUT2D eigenvalue weighted by Crippen LogP contribution is -2.23. The van der Waals surface area contributed by atoms with Crippen LogP contribution >= 0.6 is 23.2 Å². The summed E-state index contributed by atoms with van der Waals surface area (Å²) in [6.45, 7) is 1.04. The number of carbonyl (C=O) groups excluding carboxylic acids is 1. The van der Waals surface area contributed by atoms with E-state index in [9.17, 15) is 4.79 Å². The zero-order valence-electron chi connectivity index (χ0n) is 11.1. The molecule has 0 radical (unpaired) electrons. The van der Waals surface area contributed by atoms with E-state index in [1.165, 1.54) is 0 Å². The third-order valence-electron chi connectivity index (χ3n) is 3.49. The summed E-state index contributed by atoms with van der Waals surface area (Å²) in [7, 11) is 0. The number of hydrogen-bond donors (Lipinski definition) is 0. The van der Waals surface area contributed by atoms with Crippen molar-refractivity contribution < 1.29 is 4.79 Å². The first-order valence-corrected chi connectivity index (χ1v) is 7.17. The van der Waals surface area contributed by atoms with Crippen molar-refractivity contribution in [2.24, 2.45) is 0 Å². The van der Waals surface area contributed by atoms with Crippen LogP contribution in [0.4, 0.5) is 0 Å². The van der Waals surface area contributed by atoms with Gasteiger partial charge in [-0.2, -0.15) is 0 Å². The van der Waals surface area contributed by atoms with Crippen LogP contribution in [0, 0.1) is 12.3 Å². The number of hydrogen-bond acceptors (Lipinski definition) is 1. The van der Waals surface area contributed by atoms with Gasteiger partial charge >= 0.3 is 0 Å². The van der Waals surface area contributed by atoms with Crippen LogP contribution in [-0.4, -0.2) is 10.8 Å². The van der Waals surface area contributed by atoms with Gasteiger partial charge in [-0.1, -0.05) is 41.3 Å². The molecule has 104 valence electrons. The summed E-state index contributed by atoms with van der Waals surface area (Å²) in [5, 5.41) is 1.10. The Morgan fingerprint density at radius 3 is 2.57 bits per heavy atom. The Morgan fingerprint density at radius 2 is 1.90 bits per heavy atom. The van der Waals surface area contributed by atoms with Crippen molar-refractivity contribution in [3.05, 3.63) is 68.7 Å². The molecule has 0 saturated heterocycles. The first-order chi connectivity index (χ1) is 10.1. The normalized spacial score (nSPS) is 13.2. The van der Waals surface area contributed by atoms with Gasteiger partial charge < -0.3 is 4.90 Å². The fraction of sp³-hybridized carbons (Fsp3) is 0.118. The van der Waals surface area contributed by atoms with Crippen LogP contribution in [0.3, 0.4) is 0 Å². The Morgan fingerprint density at radius 1 is 1.19 bits per heavy atom. The van der Waals surface area contributed by atoms with Crippen LogP contribution < -0.4 is 0 Å². The lowest BCUT2D eigenvalue weighted by Gasteiger charge is -2.15. The standard InChI is InChI=1S/C17H11Cl2NO/c1-2-11-7-13-10-20(17(21)16(13)15(19)8-11)9-12-3-5-14(18)6-4-12/h1,3-8H,9-10H2. The second-order valence-electron chi connectivity index (χ2n) is 4.92. The number of amides is 1. The molecule has 0 bridgehead atoms. The molecule has 4 heteroatoms. The zero-order valence-corrected chi connectivity index (χ0v) is 12.6. The van der Waals surface area contributed by atoms with Crippen LogP contribution in [0.5, 0.6) is 0 Å². The fourth-order valence-electron chi connectivity index (χ4n) is 2.48. The van der Waals surface area contributed by atoms with Crippen molar-refractivity contribution in [1.29, 1.82) is 0 Å². The molecule has 2 aromatic rings. The predicted octanol–water partition coefficient (Wildman–Crippen LogP) is 4.13. The SMILES string of the molecule is C#Cc1cc(Cl)c2c(c1)CN(Cc1ccc(Cl)cc1)C2=O. The van der Waals surface area contributed by atoms with Crippen LogP contribution in [0.1, 0.15) is 27.0 Å². The molecule has 0 N–H and O–H groups in total. The zero-order chi connectivity index (χ0) is 15.0. The molecular formula is C17H11Cl2NO. The first-order valence-electron chi connectivity index (χ1n) is 6.41. The first kappa shape index (κ1) is 14.0. The van der Waals surface area contributed by atoms with Crippen molar-refractivity contribution in [3.63, 3.8) is 0 Å². The molecule has 0 aliphatic carbocycles. The summed E-state index contributed by atoms with van der Waals surface area (Å²) >= 11 is 12.0. The predicted molar refractivity (Wildman–Crippen MR) is 84.4 cm³/mol. The summed E-state index contributed by atoms with van der Waals surface area (Å²) in [5.74, 6) is 2.49. The average Bonchev–Trinajstić information content (AvgIpc) is 2.78. The van der Waals surface area contributed by atoms with E-state index in [-0.39, 0.29) is 5.91 Å². The smallest absolute Gasteiger partial charge is 0.256 e. The van der Waals surface area contributed by atoms with Crippen LogP contribution in [0.25, 0.3) is 0 Å². The maximum absolute atomic E-state index is 12.5. The highest BCUT2D eigenvalue weighted by atomic mass is 35.5. The molecular weight excluding hydrogens is 305 g/mol. The fourth-order valence-corrected chi connectivity index (χ4v) is 2.93. The van der Waals surface area contributed by atoms with E-state index in [0.29, 0.717) is 34.3 Å². The summed E-state index contributed by atoms with van der Waals surface area (Å²) in [6, 6.07) is 11.0. The molecule has 21 heavy (non-hydrogen) atoms. The van der Waals surface area contributed by atoms with Gasteiger partial charge in [0.1, 0.15) is 0 Å². The maximum atomic E-state index is 12.5. The Hall–Kier alpha value is -1.95. The van der Waals surface area contributed by atoms with E-state index in [0.717, 1.165) is 11.1 Å². The Labute approximate surface area is 133 Å². The second-order valence-corrected chi connectivity index (χ2v) is 5.77. The number of nitrogens with zero attached hydrogens (tertiary/aromatic N) is 1. The highest BCUT2D eigenvalue weighted by Gasteiger charge is 2.30. The minimum Gasteiger partial charge on any atom is -0.330 e. The quantitative estimate of drug-likeness (QED) is 0.763. The largest absolute Gasteiger partial charge is 0.330 e. The Balaban J connectivity index is 1.88. The number of carbonyl (C=O) groups is 1. The molecule has 2 nitrogen and oxygen atoms in total. The summed E-state index contributed by atoms with van der Waals surface area (Å²) in [6.07, 6.45) is 5.40. The van der Waals surface area contributed by atoms with Gasteiger partial charge in [0.25, 0.3) is 5.91 Å². The highest BCUT2D eigenvalue weighted by Crippen LogP contribution is 2.31. The van der Waals surface area contributed by atoms with Gasteiger partial charge in [0.05, 0.1) is 10.6 Å². The van der Waals surface area contributed by atoms with E-state index in [1.54, 1.807) is 11.0 Å². The third-order valence-corrected chi connectivity index (χ3v) is 4.04. The maximum Gasteiger partial charge on any atom is 0.256 e. The molecule has 0 atom stereocenters. The minimum absolute atomic E-state index is 0.0616. The van der Waals surface area contributed by atoms with Crippen molar-refractivity contribution in [1.82, 2.24) is 4.90 Å². The molecule has 0 fully saturated rings. The van der Waals surface area contributed by atoms with Gasteiger partial charge in [-0.05, 0) is 35.4 Å². The lowest BCUT2D eigenvalue weighted by molar-refractivity contribution is 0.0767. The van der Waals surface area contributed by atoms with Gasteiger partial charge in [-0.3, -0.25) is 4.79 Å². The van der Waals surface area contributed by atoms with Gasteiger partial charge in [0.2, 0.25) is 0 Å². The molecule has 2 aromatic carbocycles. The molecule has 1 heterocycles. The van der Waals surface area contributed by atoms with E-state index in [2.05, 4.69) is 5.92 Å². The van der Waals surface area contributed by atoms with Crippen LogP contribution in [0.15, 0.2) is 36.4 Å². The molecule has 0 aromatic heterocycles. The lowest BCUT2D eigenvalue weighted by atomic mass is 10.1. The van der Waals surface area contributed by atoms with Crippen molar-refractivity contribution in [2.75, 3.05) is 0 Å². The van der Waals surface area contributed by atoms with Crippen LogP contribution in [-0.2, 0) is 13.1 Å². The Kier molecular flexibility index (Phi) is 3.63.